The van der Waals surface area contributed by atoms with Gasteiger partial charge >= 0.3 is 0 Å². The maximum atomic E-state index is 5.04. The minimum atomic E-state index is 0.928. The third kappa shape index (κ3) is 11.9. The number of aromatic nitrogens is 4. The first kappa shape index (κ1) is 51.4. The molecule has 0 saturated heterocycles. The molecule has 0 spiro atoms. The van der Waals surface area contributed by atoms with Crippen molar-refractivity contribution in [2.24, 2.45) is 0 Å². The zero-order chi connectivity index (χ0) is 54.6. The molecule has 14 aromatic rings. The fourth-order valence-electron chi connectivity index (χ4n) is 10.00. The number of hydrogen-bond donors (Lipinski definition) is 1. The van der Waals surface area contributed by atoms with Crippen LogP contribution in [0.5, 0.6) is 0 Å². The summed E-state index contributed by atoms with van der Waals surface area (Å²) in [5.41, 5.74) is 19.0. The summed E-state index contributed by atoms with van der Waals surface area (Å²) in [5.74, 6) is 1.89. The van der Waals surface area contributed by atoms with E-state index in [2.05, 4.69) is 296 Å². The van der Waals surface area contributed by atoms with E-state index in [0.29, 0.717) is 0 Å². The second-order valence-electron chi connectivity index (χ2n) is 19.3. The number of nitrogens with one attached hydrogen (secondary N) is 1. The van der Waals surface area contributed by atoms with Crippen molar-refractivity contribution >= 4 is 66.4 Å². The molecule has 14 rings (SSSR count). The van der Waals surface area contributed by atoms with E-state index < -0.39 is 0 Å². The number of fused-ring (bicyclic) bond motifs is 2. The van der Waals surface area contributed by atoms with Crippen LogP contribution in [0.1, 0.15) is 0 Å². The zero-order valence-corrected chi connectivity index (χ0v) is 45.9. The molecule has 12 aromatic carbocycles. The van der Waals surface area contributed by atoms with Gasteiger partial charge in [-0.2, -0.15) is 0 Å². The molecule has 7 heteroatoms. The number of imidazole rings is 2. The fraction of sp³-hybridized carbons (Fsp3) is 0. The van der Waals surface area contributed by atoms with Gasteiger partial charge in [-0.3, -0.25) is 9.13 Å². The molecular formula is C74H55BrN6. The van der Waals surface area contributed by atoms with Gasteiger partial charge in [-0.1, -0.05) is 210 Å². The van der Waals surface area contributed by atoms with Crippen LogP contribution in [0.2, 0.25) is 0 Å². The van der Waals surface area contributed by atoms with Gasteiger partial charge in [0.2, 0.25) is 0 Å². The maximum Gasteiger partial charge on any atom is 0.145 e. The Morgan fingerprint density at radius 2 is 0.580 bits per heavy atom. The Labute approximate surface area is 481 Å². The highest BCUT2D eigenvalue weighted by Gasteiger charge is 2.18. The molecular weight excluding hydrogens is 1050 g/mol. The van der Waals surface area contributed by atoms with Crippen LogP contribution in [0.4, 0.5) is 28.4 Å². The third-order valence-electron chi connectivity index (χ3n) is 13.9. The summed E-state index contributed by atoms with van der Waals surface area (Å²) in [5, 5.41) is 3.38. The fourth-order valence-corrected chi connectivity index (χ4v) is 10.3. The molecule has 81 heavy (non-hydrogen) atoms. The molecule has 0 fully saturated rings. The Morgan fingerprint density at radius 1 is 0.272 bits per heavy atom. The molecule has 1 N–H and O–H groups in total. The quantitative estimate of drug-likeness (QED) is 0.140. The van der Waals surface area contributed by atoms with Crippen molar-refractivity contribution < 1.29 is 0 Å². The highest BCUT2D eigenvalue weighted by molar-refractivity contribution is 9.10. The van der Waals surface area contributed by atoms with Crippen molar-refractivity contribution in [3.05, 3.63) is 332 Å². The predicted molar refractivity (Wildman–Crippen MR) is 342 cm³/mol. The average molecular weight is 1110 g/mol. The van der Waals surface area contributed by atoms with Crippen molar-refractivity contribution in [3.8, 4) is 56.4 Å². The van der Waals surface area contributed by atoms with Crippen LogP contribution in [0.25, 0.3) is 78.5 Å². The van der Waals surface area contributed by atoms with E-state index in [0.717, 1.165) is 89.1 Å². The second-order valence-corrected chi connectivity index (χ2v) is 20.2. The summed E-state index contributed by atoms with van der Waals surface area (Å²) in [6.07, 6.45) is 0. The Morgan fingerprint density at radius 3 is 1.02 bits per heavy atom. The molecule has 0 amide bonds. The Hall–Kier alpha value is -10.3. The second kappa shape index (κ2) is 24.5. The van der Waals surface area contributed by atoms with E-state index in [4.69, 9.17) is 9.97 Å². The van der Waals surface area contributed by atoms with Gasteiger partial charge in [0.25, 0.3) is 0 Å². The van der Waals surface area contributed by atoms with Gasteiger partial charge in [-0.05, 0) is 156 Å². The van der Waals surface area contributed by atoms with Crippen LogP contribution in [0.3, 0.4) is 0 Å². The maximum absolute atomic E-state index is 5.04. The van der Waals surface area contributed by atoms with Crippen LogP contribution < -0.4 is 10.2 Å². The molecule has 2 heterocycles. The molecule has 2 aromatic heterocycles. The normalized spacial score (nSPS) is 10.8. The van der Waals surface area contributed by atoms with Crippen molar-refractivity contribution in [1.29, 1.82) is 0 Å². The minimum absolute atomic E-state index is 0.928. The molecule has 388 valence electrons. The van der Waals surface area contributed by atoms with Crippen molar-refractivity contribution in [3.63, 3.8) is 0 Å². The average Bonchev–Trinajstić information content (AvgIpc) is 4.26. The van der Waals surface area contributed by atoms with Crippen molar-refractivity contribution in [2.45, 2.75) is 0 Å². The molecule has 0 aliphatic heterocycles. The van der Waals surface area contributed by atoms with Crippen LogP contribution in [0, 0.1) is 0 Å². The first-order valence-electron chi connectivity index (χ1n) is 27.0. The van der Waals surface area contributed by atoms with Gasteiger partial charge < -0.3 is 10.2 Å². The smallest absolute Gasteiger partial charge is 0.145 e. The van der Waals surface area contributed by atoms with E-state index in [1.54, 1.807) is 0 Å². The van der Waals surface area contributed by atoms with Gasteiger partial charge in [-0.25, -0.2) is 9.97 Å². The lowest BCUT2D eigenvalue weighted by atomic mass is 10.0. The number of para-hydroxylation sites is 8. The van der Waals surface area contributed by atoms with Crippen molar-refractivity contribution in [1.82, 2.24) is 19.1 Å². The predicted octanol–water partition coefficient (Wildman–Crippen LogP) is 20.4. The number of rotatable bonds is 11. The molecule has 0 saturated carbocycles. The number of nitrogens with zero attached hydrogens (tertiary/aromatic N) is 5. The summed E-state index contributed by atoms with van der Waals surface area (Å²) in [6, 6.07) is 113. The van der Waals surface area contributed by atoms with Gasteiger partial charge in [0.15, 0.2) is 0 Å². The highest BCUT2D eigenvalue weighted by atomic mass is 79.9. The van der Waals surface area contributed by atoms with Gasteiger partial charge in [0, 0.05) is 55.4 Å². The van der Waals surface area contributed by atoms with Crippen molar-refractivity contribution in [2.75, 3.05) is 10.2 Å². The van der Waals surface area contributed by atoms with E-state index in [1.165, 1.54) is 22.3 Å². The summed E-state index contributed by atoms with van der Waals surface area (Å²) in [4.78, 5) is 12.2. The topological polar surface area (TPSA) is 50.9 Å². The van der Waals surface area contributed by atoms with E-state index >= 15 is 0 Å². The lowest BCUT2D eigenvalue weighted by molar-refractivity contribution is 1.10. The SMILES string of the molecule is Brc1ccc(-c2nc3ccccc3n2-c2ccccc2)cc1.c1ccc(-c2ccc(N(c3ccccc3)c3ccc(-c4nc5ccccc5n4-c4ccccc4)cc3)cc2)cc1.c1ccc(Nc2ccc(-c3ccccc3)cc2)cc1. The number of benzene rings is 12. The largest absolute Gasteiger partial charge is 0.356 e. The van der Waals surface area contributed by atoms with Crippen LogP contribution in [-0.2, 0) is 0 Å². The number of halogens is 1. The number of anilines is 5. The van der Waals surface area contributed by atoms with Gasteiger partial charge in [-0.15, -0.1) is 0 Å². The molecule has 6 nitrogen and oxygen atoms in total. The lowest BCUT2D eigenvalue weighted by Gasteiger charge is -2.26. The molecule has 0 unspecified atom stereocenters. The number of hydrogen-bond acceptors (Lipinski definition) is 4. The zero-order valence-electron chi connectivity index (χ0n) is 44.3. The van der Waals surface area contributed by atoms with E-state index in [-0.39, 0.29) is 0 Å². The first-order chi connectivity index (χ1) is 40.1. The Bertz CT molecular complexity index is 4250. The van der Waals surface area contributed by atoms with Crippen LogP contribution in [0.15, 0.2) is 332 Å². The molecule has 0 atom stereocenters. The van der Waals surface area contributed by atoms with Gasteiger partial charge in [0.05, 0.1) is 22.1 Å². The van der Waals surface area contributed by atoms with Crippen LogP contribution >= 0.6 is 15.9 Å². The minimum Gasteiger partial charge on any atom is -0.356 e. The summed E-state index contributed by atoms with van der Waals surface area (Å²) in [7, 11) is 0. The standard InChI is InChI=1S/C37H27N3.C19H13BrN2.C18H15N/c1-4-12-28(13-5-1)29-20-24-33(25-21-29)39(31-14-6-2-7-15-31)34-26-22-30(23-27-34)37-38-35-18-10-11-19-36(35)40(37)32-16-8-3-9-17-32;20-15-12-10-14(11-13-15)19-21-17-8-4-5-9-18(17)22(19)16-6-2-1-3-7-16;1-3-7-15(8-4-1)16-11-13-18(14-12-16)19-17-9-5-2-6-10-17/h1-27H;1-13H;1-14,19H. The third-order valence-corrected chi connectivity index (χ3v) is 14.5. The summed E-state index contributed by atoms with van der Waals surface area (Å²) >= 11 is 3.49. The first-order valence-corrected chi connectivity index (χ1v) is 27.8. The molecule has 0 bridgehead atoms. The molecule has 0 radical (unpaired) electrons. The van der Waals surface area contributed by atoms with Crippen LogP contribution in [-0.4, -0.2) is 19.1 Å². The highest BCUT2D eigenvalue weighted by Crippen LogP contribution is 2.38. The monoisotopic (exact) mass is 1110 g/mol. The Kier molecular flexibility index (Phi) is 15.6. The lowest BCUT2D eigenvalue weighted by Crippen LogP contribution is -2.09. The molecule has 0 aliphatic rings. The summed E-state index contributed by atoms with van der Waals surface area (Å²) in [6.45, 7) is 0. The van der Waals surface area contributed by atoms with E-state index in [1.807, 2.05) is 66.7 Å². The Balaban J connectivity index is 0.000000133. The van der Waals surface area contributed by atoms with Gasteiger partial charge in [0.1, 0.15) is 11.6 Å². The van der Waals surface area contributed by atoms with E-state index in [9.17, 15) is 0 Å². The summed E-state index contributed by atoms with van der Waals surface area (Å²) < 4.78 is 5.51. The molecule has 0 aliphatic carbocycles.